The average Bonchev–Trinajstić information content (AvgIpc) is 3.09. The van der Waals surface area contributed by atoms with E-state index in [1.165, 1.54) is 0 Å². The number of methoxy groups -OCH3 is 1. The van der Waals surface area contributed by atoms with Crippen LogP contribution in [-0.2, 0) is 6.42 Å². The first-order chi connectivity index (χ1) is 16.1. The van der Waals surface area contributed by atoms with Gasteiger partial charge in [-0.15, -0.1) is 10.2 Å². The fourth-order valence-corrected chi connectivity index (χ4v) is 5.50. The molecule has 0 aliphatic carbocycles. The maximum Gasteiger partial charge on any atom is 0.159 e. The molecule has 8 heteroatoms. The molecular weight excluding hydrogens is 438 g/mol. The maximum atomic E-state index is 10.2. The van der Waals surface area contributed by atoms with Crippen LogP contribution in [0.3, 0.4) is 0 Å². The van der Waals surface area contributed by atoms with Gasteiger partial charge in [0.2, 0.25) is 0 Å². The van der Waals surface area contributed by atoms with Crippen LogP contribution in [0.25, 0.3) is 10.8 Å². The van der Waals surface area contributed by atoms with Crippen molar-refractivity contribution in [1.82, 2.24) is 10.2 Å². The Labute approximate surface area is 197 Å². The summed E-state index contributed by atoms with van der Waals surface area (Å²) in [6, 6.07) is 14.2. The molecule has 33 heavy (non-hydrogen) atoms. The Morgan fingerprint density at radius 3 is 2.64 bits per heavy atom. The van der Waals surface area contributed by atoms with Gasteiger partial charge in [-0.25, -0.2) is 0 Å². The summed E-state index contributed by atoms with van der Waals surface area (Å²) in [6.07, 6.45) is 4.16. The van der Waals surface area contributed by atoms with E-state index in [2.05, 4.69) is 26.5 Å². The van der Waals surface area contributed by atoms with Crippen molar-refractivity contribution in [1.29, 1.82) is 5.26 Å². The predicted molar refractivity (Wildman–Crippen MR) is 129 cm³/mol. The van der Waals surface area contributed by atoms with E-state index in [0.717, 1.165) is 54.3 Å². The Balaban J connectivity index is 1.42. The summed E-state index contributed by atoms with van der Waals surface area (Å²) in [5, 5.41) is 34.7. The van der Waals surface area contributed by atoms with Crippen molar-refractivity contribution in [2.75, 3.05) is 23.9 Å². The Morgan fingerprint density at radius 1 is 1.15 bits per heavy atom. The summed E-state index contributed by atoms with van der Waals surface area (Å²) >= 11 is 6.25. The smallest absolute Gasteiger partial charge is 0.159 e. The molecule has 0 amide bonds. The molecule has 2 aromatic carbocycles. The van der Waals surface area contributed by atoms with Crippen LogP contribution in [0.2, 0.25) is 5.02 Å². The van der Waals surface area contributed by atoms with Crippen molar-refractivity contribution in [2.45, 2.75) is 50.3 Å². The van der Waals surface area contributed by atoms with Gasteiger partial charge in [0.1, 0.15) is 5.75 Å². The van der Waals surface area contributed by atoms with Crippen LogP contribution in [0.15, 0.2) is 36.4 Å². The lowest BCUT2D eigenvalue weighted by Gasteiger charge is -2.38. The van der Waals surface area contributed by atoms with E-state index in [9.17, 15) is 10.4 Å². The standard InChI is InChI=1S/C25H26ClN5O2/c1-33-23-7-3-15(11-22(23)26)8-9-28-24-21-10-16(14-27)2-6-20(21)25(30-29-24)31-17-4-5-18(31)13-19(32)12-17/h2-3,6-7,10-11,17-19,32H,4-5,8-9,12-13H2,1H3,(H,28,29). The Kier molecular flexibility index (Phi) is 5.96. The molecular formula is C25H26ClN5O2. The summed E-state index contributed by atoms with van der Waals surface area (Å²) in [5.41, 5.74) is 1.67. The summed E-state index contributed by atoms with van der Waals surface area (Å²) in [5.74, 6) is 2.17. The lowest BCUT2D eigenvalue weighted by Crippen LogP contribution is -2.45. The number of benzene rings is 2. The molecule has 7 nitrogen and oxygen atoms in total. The van der Waals surface area contributed by atoms with Crippen molar-refractivity contribution < 1.29 is 9.84 Å². The molecule has 170 valence electrons. The first-order valence-corrected chi connectivity index (χ1v) is 11.7. The maximum absolute atomic E-state index is 10.2. The van der Waals surface area contributed by atoms with Gasteiger partial charge in [-0.3, -0.25) is 0 Å². The summed E-state index contributed by atoms with van der Waals surface area (Å²) in [7, 11) is 1.60. The van der Waals surface area contributed by atoms with E-state index in [1.54, 1.807) is 7.11 Å². The topological polar surface area (TPSA) is 94.3 Å². The number of piperidine rings is 1. The van der Waals surface area contributed by atoms with E-state index in [0.29, 0.717) is 28.7 Å². The molecule has 0 saturated carbocycles. The normalized spacial score (nSPS) is 21.8. The third-order valence-corrected chi connectivity index (χ3v) is 7.06. The van der Waals surface area contributed by atoms with Gasteiger partial charge in [-0.05, 0) is 68.0 Å². The Bertz CT molecular complexity index is 1210. The molecule has 0 spiro atoms. The minimum absolute atomic E-state index is 0.240. The number of rotatable bonds is 6. The molecule has 3 aromatic rings. The molecule has 1 aromatic heterocycles. The molecule has 2 aliphatic rings. The molecule has 5 rings (SSSR count). The first-order valence-electron chi connectivity index (χ1n) is 11.3. The van der Waals surface area contributed by atoms with Gasteiger partial charge in [-0.1, -0.05) is 17.7 Å². The summed E-state index contributed by atoms with van der Waals surface area (Å²) in [6.45, 7) is 0.643. The number of anilines is 2. The predicted octanol–water partition coefficient (Wildman–Crippen LogP) is 4.31. The van der Waals surface area contributed by atoms with E-state index >= 15 is 0 Å². The zero-order valence-electron chi connectivity index (χ0n) is 18.5. The highest BCUT2D eigenvalue weighted by molar-refractivity contribution is 6.32. The van der Waals surface area contributed by atoms with Crippen LogP contribution in [0.1, 0.15) is 36.8 Å². The van der Waals surface area contributed by atoms with E-state index in [4.69, 9.17) is 16.3 Å². The van der Waals surface area contributed by atoms with Crippen LogP contribution in [0.4, 0.5) is 11.6 Å². The average molecular weight is 464 g/mol. The number of aliphatic hydroxyl groups is 1. The lowest BCUT2D eigenvalue weighted by molar-refractivity contribution is 0.126. The Hall–Kier alpha value is -3.08. The van der Waals surface area contributed by atoms with Crippen LogP contribution in [0.5, 0.6) is 5.75 Å². The summed E-state index contributed by atoms with van der Waals surface area (Å²) in [4.78, 5) is 2.34. The number of nitriles is 1. The van der Waals surface area contributed by atoms with Gasteiger partial charge >= 0.3 is 0 Å². The van der Waals surface area contributed by atoms with Gasteiger partial charge in [0.15, 0.2) is 11.6 Å². The lowest BCUT2D eigenvalue weighted by atomic mass is 9.99. The minimum atomic E-state index is -0.240. The van der Waals surface area contributed by atoms with Crippen LogP contribution in [-0.4, -0.2) is 47.1 Å². The number of halogens is 1. The van der Waals surface area contributed by atoms with Crippen LogP contribution in [0, 0.1) is 11.3 Å². The SMILES string of the molecule is COc1ccc(CCNc2nnc(N3C4CCC3CC(O)C4)c3ccc(C#N)cc23)cc1Cl. The van der Waals surface area contributed by atoms with Crippen molar-refractivity contribution in [3.8, 4) is 11.8 Å². The van der Waals surface area contributed by atoms with Crippen LogP contribution < -0.4 is 15.0 Å². The number of aliphatic hydroxyl groups excluding tert-OH is 1. The van der Waals surface area contributed by atoms with Gasteiger partial charge in [0.05, 0.1) is 29.9 Å². The number of nitrogens with one attached hydrogen (secondary N) is 1. The van der Waals surface area contributed by atoms with E-state index in [1.807, 2.05) is 36.4 Å². The number of ether oxygens (including phenoxy) is 1. The fourth-order valence-electron chi connectivity index (χ4n) is 5.22. The van der Waals surface area contributed by atoms with E-state index < -0.39 is 0 Å². The number of nitrogens with zero attached hydrogens (tertiary/aromatic N) is 4. The molecule has 2 aliphatic heterocycles. The summed E-state index contributed by atoms with van der Waals surface area (Å²) < 4.78 is 5.22. The molecule has 2 unspecified atom stereocenters. The molecule has 2 atom stereocenters. The highest BCUT2D eigenvalue weighted by Gasteiger charge is 2.41. The third-order valence-electron chi connectivity index (χ3n) is 6.76. The second-order valence-electron chi connectivity index (χ2n) is 8.81. The largest absolute Gasteiger partial charge is 0.495 e. The fraction of sp³-hybridized carbons (Fsp3) is 0.400. The molecule has 0 radical (unpaired) electrons. The van der Waals surface area contributed by atoms with Crippen molar-refractivity contribution in [3.05, 3.63) is 52.5 Å². The number of hydrogen-bond donors (Lipinski definition) is 2. The highest BCUT2D eigenvalue weighted by atomic mass is 35.5. The zero-order chi connectivity index (χ0) is 22.9. The first kappa shape index (κ1) is 21.7. The van der Waals surface area contributed by atoms with Crippen molar-refractivity contribution in [3.63, 3.8) is 0 Å². The number of hydrogen-bond acceptors (Lipinski definition) is 7. The van der Waals surface area contributed by atoms with Crippen molar-refractivity contribution >= 4 is 34.0 Å². The molecule has 3 heterocycles. The minimum Gasteiger partial charge on any atom is -0.495 e. The second-order valence-corrected chi connectivity index (χ2v) is 9.21. The number of fused-ring (bicyclic) bond motifs is 3. The van der Waals surface area contributed by atoms with Crippen molar-refractivity contribution in [2.24, 2.45) is 0 Å². The van der Waals surface area contributed by atoms with E-state index in [-0.39, 0.29) is 18.2 Å². The van der Waals surface area contributed by atoms with Gasteiger partial charge in [0.25, 0.3) is 0 Å². The zero-order valence-corrected chi connectivity index (χ0v) is 19.2. The highest BCUT2D eigenvalue weighted by Crippen LogP contribution is 2.41. The Morgan fingerprint density at radius 2 is 1.94 bits per heavy atom. The second kappa shape index (κ2) is 9.05. The van der Waals surface area contributed by atoms with Crippen LogP contribution >= 0.6 is 11.6 Å². The molecule has 2 bridgehead atoms. The third kappa shape index (κ3) is 4.17. The monoisotopic (exact) mass is 463 g/mol. The molecule has 2 saturated heterocycles. The van der Waals surface area contributed by atoms with Gasteiger partial charge in [-0.2, -0.15) is 5.26 Å². The molecule has 2 fully saturated rings. The molecule has 2 N–H and O–H groups in total. The van der Waals surface area contributed by atoms with Gasteiger partial charge < -0.3 is 20.1 Å². The quantitative estimate of drug-likeness (QED) is 0.562. The number of aromatic nitrogens is 2. The van der Waals surface area contributed by atoms with Gasteiger partial charge in [0, 0.05) is 29.4 Å².